The van der Waals surface area contributed by atoms with Gasteiger partial charge in [-0.15, -0.1) is 0 Å². The van der Waals surface area contributed by atoms with Gasteiger partial charge in [0.1, 0.15) is 11.7 Å². The lowest BCUT2D eigenvalue weighted by Crippen LogP contribution is -2.19. The highest BCUT2D eigenvalue weighted by molar-refractivity contribution is 9.10. The molecule has 1 aromatic rings. The maximum absolute atomic E-state index is 11.3. The van der Waals surface area contributed by atoms with Gasteiger partial charge in [-0.3, -0.25) is 15.6 Å². The minimum Gasteiger partial charge on any atom is -0.339 e. The van der Waals surface area contributed by atoms with Gasteiger partial charge in [-0.05, 0) is 30.0 Å². The van der Waals surface area contributed by atoms with Gasteiger partial charge in [0.15, 0.2) is 0 Å². The molecule has 2 heterocycles. The van der Waals surface area contributed by atoms with Crippen LogP contribution in [0, 0.1) is 10.8 Å². The first-order valence-corrected chi connectivity index (χ1v) is 6.65. The Morgan fingerprint density at radius 1 is 1.11 bits per heavy atom. The number of nitrogens with one attached hydrogen (secondary N) is 4. The molecule has 2 aliphatic heterocycles. The second-order valence-corrected chi connectivity index (χ2v) is 5.68. The summed E-state index contributed by atoms with van der Waals surface area (Å²) < 4.78 is 0.893. The SMILES string of the molecule is N=C1NC(=O)SC1=C1NC(=N)c2ccc(Br)cc21. The molecule has 4 N–H and O–H groups in total. The van der Waals surface area contributed by atoms with Crippen LogP contribution in [0.1, 0.15) is 11.1 Å². The molecule has 0 aromatic heterocycles. The van der Waals surface area contributed by atoms with Crippen molar-refractivity contribution in [3.8, 4) is 0 Å². The molecular weight excluding hydrogens is 316 g/mol. The fourth-order valence-corrected chi connectivity index (χ4v) is 3.00. The van der Waals surface area contributed by atoms with Crippen LogP contribution < -0.4 is 10.6 Å². The summed E-state index contributed by atoms with van der Waals surface area (Å²) in [6.45, 7) is 0. The number of hydrogen-bond acceptors (Lipinski definition) is 4. The van der Waals surface area contributed by atoms with Gasteiger partial charge >= 0.3 is 0 Å². The van der Waals surface area contributed by atoms with Crippen LogP contribution in [0.15, 0.2) is 27.6 Å². The monoisotopic (exact) mass is 322 g/mol. The molecule has 0 radical (unpaired) electrons. The van der Waals surface area contributed by atoms with E-state index in [0.717, 1.165) is 27.4 Å². The van der Waals surface area contributed by atoms with Crippen LogP contribution in [0.3, 0.4) is 0 Å². The molecule has 1 amide bonds. The summed E-state index contributed by atoms with van der Waals surface area (Å²) in [5.41, 5.74) is 2.25. The van der Waals surface area contributed by atoms with E-state index < -0.39 is 0 Å². The molecule has 0 unspecified atom stereocenters. The third-order valence-corrected chi connectivity index (χ3v) is 4.04. The molecule has 0 bridgehead atoms. The minimum atomic E-state index is -0.265. The molecule has 90 valence electrons. The zero-order chi connectivity index (χ0) is 12.9. The molecular formula is C11H7BrN4OS. The molecule has 1 saturated heterocycles. The van der Waals surface area contributed by atoms with Crippen molar-refractivity contribution >= 4 is 50.3 Å². The first kappa shape index (κ1) is 11.5. The first-order valence-electron chi connectivity index (χ1n) is 5.04. The Morgan fingerprint density at radius 2 is 1.89 bits per heavy atom. The number of amidine groups is 2. The summed E-state index contributed by atoms with van der Waals surface area (Å²) >= 11 is 4.36. The van der Waals surface area contributed by atoms with Crippen molar-refractivity contribution in [1.82, 2.24) is 10.6 Å². The van der Waals surface area contributed by atoms with E-state index in [2.05, 4.69) is 26.6 Å². The van der Waals surface area contributed by atoms with Crippen molar-refractivity contribution < 1.29 is 4.79 Å². The number of carbonyl (C=O) groups is 1. The van der Waals surface area contributed by atoms with Crippen molar-refractivity contribution in [3.05, 3.63) is 38.7 Å². The topological polar surface area (TPSA) is 88.8 Å². The summed E-state index contributed by atoms with van der Waals surface area (Å²) in [6, 6.07) is 5.57. The summed E-state index contributed by atoms with van der Waals surface area (Å²) in [4.78, 5) is 11.8. The van der Waals surface area contributed by atoms with Gasteiger partial charge in [-0.1, -0.05) is 15.9 Å². The molecule has 1 fully saturated rings. The standard InChI is InChI=1S/C11H7BrN4OS/c12-4-1-2-5-6(3-4)7(15-9(5)13)8-10(14)16-11(17)18-8/h1-3H,(H2,13,15)(H2,14,16,17). The van der Waals surface area contributed by atoms with Gasteiger partial charge in [0.2, 0.25) is 0 Å². The Morgan fingerprint density at radius 3 is 2.56 bits per heavy atom. The Balaban J connectivity index is 2.21. The van der Waals surface area contributed by atoms with Crippen LogP contribution >= 0.6 is 27.7 Å². The maximum Gasteiger partial charge on any atom is 0.289 e. The molecule has 0 atom stereocenters. The second kappa shape index (κ2) is 3.96. The predicted octanol–water partition coefficient (Wildman–Crippen LogP) is 2.48. The largest absolute Gasteiger partial charge is 0.339 e. The van der Waals surface area contributed by atoms with Crippen molar-refractivity contribution in [3.63, 3.8) is 0 Å². The van der Waals surface area contributed by atoms with Crippen LogP contribution in [0.5, 0.6) is 0 Å². The lowest BCUT2D eigenvalue weighted by Gasteiger charge is -2.04. The van der Waals surface area contributed by atoms with Crippen LogP contribution in [0.2, 0.25) is 0 Å². The van der Waals surface area contributed by atoms with E-state index in [4.69, 9.17) is 10.8 Å². The smallest absolute Gasteiger partial charge is 0.289 e. The zero-order valence-corrected chi connectivity index (χ0v) is 11.3. The van der Waals surface area contributed by atoms with E-state index in [-0.39, 0.29) is 16.9 Å². The summed E-state index contributed by atoms with van der Waals surface area (Å²) in [5, 5.41) is 20.7. The van der Waals surface area contributed by atoms with Crippen LogP contribution in [-0.4, -0.2) is 16.9 Å². The molecule has 2 aliphatic rings. The predicted molar refractivity (Wildman–Crippen MR) is 74.9 cm³/mol. The molecule has 18 heavy (non-hydrogen) atoms. The number of halogens is 1. The van der Waals surface area contributed by atoms with Crippen molar-refractivity contribution in [2.75, 3.05) is 0 Å². The van der Waals surface area contributed by atoms with E-state index in [1.807, 2.05) is 18.2 Å². The fraction of sp³-hybridized carbons (Fsp3) is 0. The molecule has 7 heteroatoms. The number of thioether (sulfide) groups is 1. The number of amides is 1. The molecule has 3 rings (SSSR count). The molecule has 0 saturated carbocycles. The average Bonchev–Trinajstić information content (AvgIpc) is 2.79. The van der Waals surface area contributed by atoms with Gasteiger partial charge in [0.05, 0.1) is 10.6 Å². The number of hydrogen-bond donors (Lipinski definition) is 4. The second-order valence-electron chi connectivity index (χ2n) is 3.78. The molecule has 0 spiro atoms. The first-order chi connectivity index (χ1) is 8.56. The number of benzene rings is 1. The summed E-state index contributed by atoms with van der Waals surface area (Å²) in [7, 11) is 0. The van der Waals surface area contributed by atoms with E-state index >= 15 is 0 Å². The lowest BCUT2D eigenvalue weighted by molar-refractivity contribution is 0.265. The molecule has 0 aliphatic carbocycles. The van der Waals surface area contributed by atoms with Crippen molar-refractivity contribution in [2.24, 2.45) is 0 Å². The van der Waals surface area contributed by atoms with Gasteiger partial charge in [0, 0.05) is 15.6 Å². The van der Waals surface area contributed by atoms with Crippen LogP contribution in [0.25, 0.3) is 5.70 Å². The van der Waals surface area contributed by atoms with E-state index in [0.29, 0.717) is 10.6 Å². The highest BCUT2D eigenvalue weighted by atomic mass is 79.9. The number of fused-ring (bicyclic) bond motifs is 1. The van der Waals surface area contributed by atoms with Gasteiger partial charge in [-0.2, -0.15) is 0 Å². The zero-order valence-electron chi connectivity index (χ0n) is 8.93. The third kappa shape index (κ3) is 1.67. The molecule has 5 nitrogen and oxygen atoms in total. The maximum atomic E-state index is 11.3. The van der Waals surface area contributed by atoms with E-state index in [1.165, 1.54) is 0 Å². The molecule has 1 aromatic carbocycles. The Hall–Kier alpha value is -1.60. The minimum absolute atomic E-state index is 0.0770. The highest BCUT2D eigenvalue weighted by Gasteiger charge is 2.31. The Labute approximate surface area is 115 Å². The normalized spacial score (nSPS) is 21.9. The van der Waals surface area contributed by atoms with Crippen LogP contribution in [0.4, 0.5) is 4.79 Å². The van der Waals surface area contributed by atoms with Crippen molar-refractivity contribution in [1.29, 1.82) is 10.8 Å². The summed E-state index contributed by atoms with van der Waals surface area (Å²) in [6.07, 6.45) is 0. The van der Waals surface area contributed by atoms with Crippen molar-refractivity contribution in [2.45, 2.75) is 0 Å². The van der Waals surface area contributed by atoms with Gasteiger partial charge in [0.25, 0.3) is 5.24 Å². The Kier molecular flexibility index (Phi) is 2.53. The number of rotatable bonds is 0. The van der Waals surface area contributed by atoms with Gasteiger partial charge in [-0.25, -0.2) is 0 Å². The highest BCUT2D eigenvalue weighted by Crippen LogP contribution is 2.36. The third-order valence-electron chi connectivity index (χ3n) is 2.65. The average molecular weight is 323 g/mol. The van der Waals surface area contributed by atoms with E-state index in [9.17, 15) is 4.79 Å². The van der Waals surface area contributed by atoms with Crippen LogP contribution in [-0.2, 0) is 0 Å². The summed E-state index contributed by atoms with van der Waals surface area (Å²) in [5.74, 6) is 0.362. The fourth-order valence-electron chi connectivity index (χ4n) is 1.88. The van der Waals surface area contributed by atoms with Gasteiger partial charge < -0.3 is 10.6 Å². The van der Waals surface area contributed by atoms with E-state index in [1.54, 1.807) is 0 Å². The Bertz CT molecular complexity index is 652. The quantitative estimate of drug-likeness (QED) is 0.591. The number of carbonyl (C=O) groups excluding carboxylic acids is 1. The lowest BCUT2D eigenvalue weighted by atomic mass is 10.1.